The number of rotatable bonds is 5. The van der Waals surface area contributed by atoms with Crippen molar-refractivity contribution in [3.8, 4) is 0 Å². The van der Waals surface area contributed by atoms with Gasteiger partial charge in [-0.3, -0.25) is 4.90 Å². The summed E-state index contributed by atoms with van der Waals surface area (Å²) in [5.74, 6) is 1.74. The highest BCUT2D eigenvalue weighted by Gasteiger charge is 2.41. The zero-order valence-corrected chi connectivity index (χ0v) is 13.7. The minimum Gasteiger partial charge on any atom is -0.378 e. The van der Waals surface area contributed by atoms with Crippen molar-refractivity contribution in [2.24, 2.45) is 17.6 Å². The van der Waals surface area contributed by atoms with Crippen LogP contribution in [-0.4, -0.2) is 42.8 Å². The van der Waals surface area contributed by atoms with Gasteiger partial charge in [-0.1, -0.05) is 27.2 Å². The third-order valence-corrected chi connectivity index (χ3v) is 5.67. The predicted octanol–water partition coefficient (Wildman–Crippen LogP) is 3.03. The van der Waals surface area contributed by atoms with E-state index in [2.05, 4.69) is 25.7 Å². The van der Waals surface area contributed by atoms with Crippen LogP contribution in [0.5, 0.6) is 0 Å². The van der Waals surface area contributed by atoms with Crippen LogP contribution >= 0.6 is 0 Å². The standard InChI is InChI=1S/C17H34N2O/c1-4-5-16-12-17(13-18,8-11-20-16)19-9-6-15(7-10-19)14(2)3/h14-16H,4-13,18H2,1-3H3. The van der Waals surface area contributed by atoms with E-state index in [-0.39, 0.29) is 5.54 Å². The lowest BCUT2D eigenvalue weighted by Crippen LogP contribution is -2.60. The van der Waals surface area contributed by atoms with Gasteiger partial charge in [0.05, 0.1) is 6.10 Å². The molecule has 2 atom stereocenters. The van der Waals surface area contributed by atoms with Crippen LogP contribution in [-0.2, 0) is 4.74 Å². The Bertz CT molecular complexity index is 285. The molecule has 0 saturated carbocycles. The Morgan fingerprint density at radius 2 is 2.00 bits per heavy atom. The van der Waals surface area contributed by atoms with E-state index in [0.717, 1.165) is 37.8 Å². The molecule has 0 spiro atoms. The van der Waals surface area contributed by atoms with E-state index in [0.29, 0.717) is 6.10 Å². The number of nitrogens with two attached hydrogens (primary N) is 1. The molecule has 2 rings (SSSR count). The molecule has 2 fully saturated rings. The van der Waals surface area contributed by atoms with Crippen LogP contribution in [0.15, 0.2) is 0 Å². The van der Waals surface area contributed by atoms with Crippen LogP contribution in [0.3, 0.4) is 0 Å². The average Bonchev–Trinajstić information content (AvgIpc) is 2.48. The number of hydrogen-bond acceptors (Lipinski definition) is 3. The summed E-state index contributed by atoms with van der Waals surface area (Å²) >= 11 is 0. The molecule has 0 aromatic carbocycles. The predicted molar refractivity (Wildman–Crippen MR) is 84.8 cm³/mol. The molecule has 2 heterocycles. The van der Waals surface area contributed by atoms with Gasteiger partial charge >= 0.3 is 0 Å². The lowest BCUT2D eigenvalue weighted by molar-refractivity contribution is -0.0828. The second-order valence-electron chi connectivity index (χ2n) is 7.23. The van der Waals surface area contributed by atoms with E-state index >= 15 is 0 Å². The molecule has 0 aromatic heterocycles. The molecule has 0 radical (unpaired) electrons. The first kappa shape index (κ1) is 16.3. The normalized spacial score (nSPS) is 33.8. The molecular formula is C17H34N2O. The van der Waals surface area contributed by atoms with E-state index < -0.39 is 0 Å². The van der Waals surface area contributed by atoms with Gasteiger partial charge in [0.1, 0.15) is 0 Å². The third-order valence-electron chi connectivity index (χ3n) is 5.67. The molecule has 2 N–H and O–H groups in total. The van der Waals surface area contributed by atoms with E-state index in [9.17, 15) is 0 Å². The number of ether oxygens (including phenoxy) is 1. The molecule has 2 aliphatic rings. The maximum Gasteiger partial charge on any atom is 0.0593 e. The molecule has 3 heteroatoms. The maximum atomic E-state index is 6.22. The molecule has 20 heavy (non-hydrogen) atoms. The fraction of sp³-hybridized carbons (Fsp3) is 1.00. The molecular weight excluding hydrogens is 248 g/mol. The van der Waals surface area contributed by atoms with Crippen LogP contribution in [0.25, 0.3) is 0 Å². The molecule has 0 amide bonds. The van der Waals surface area contributed by atoms with Gasteiger partial charge in [0.15, 0.2) is 0 Å². The van der Waals surface area contributed by atoms with Gasteiger partial charge in [-0.15, -0.1) is 0 Å². The summed E-state index contributed by atoms with van der Waals surface area (Å²) in [5.41, 5.74) is 6.45. The molecule has 0 aromatic rings. The summed E-state index contributed by atoms with van der Waals surface area (Å²) in [4.78, 5) is 2.71. The lowest BCUT2D eigenvalue weighted by Gasteiger charge is -2.50. The van der Waals surface area contributed by atoms with Gasteiger partial charge in [0.25, 0.3) is 0 Å². The SMILES string of the molecule is CCCC1CC(CN)(N2CCC(C(C)C)CC2)CCO1. The zero-order valence-electron chi connectivity index (χ0n) is 13.7. The van der Waals surface area contributed by atoms with Crippen LogP contribution < -0.4 is 5.73 Å². The Morgan fingerprint density at radius 1 is 1.30 bits per heavy atom. The Labute approximate surface area is 125 Å². The van der Waals surface area contributed by atoms with Gasteiger partial charge in [-0.25, -0.2) is 0 Å². The van der Waals surface area contributed by atoms with Crippen molar-refractivity contribution < 1.29 is 4.74 Å². The van der Waals surface area contributed by atoms with Crippen molar-refractivity contribution in [2.45, 2.75) is 70.9 Å². The van der Waals surface area contributed by atoms with Crippen molar-refractivity contribution in [3.05, 3.63) is 0 Å². The smallest absolute Gasteiger partial charge is 0.0593 e. The summed E-state index contributed by atoms with van der Waals surface area (Å²) < 4.78 is 5.94. The lowest BCUT2D eigenvalue weighted by atomic mass is 9.79. The summed E-state index contributed by atoms with van der Waals surface area (Å²) in [6.45, 7) is 11.1. The van der Waals surface area contributed by atoms with Gasteiger partial charge in [0.2, 0.25) is 0 Å². The quantitative estimate of drug-likeness (QED) is 0.842. The maximum absolute atomic E-state index is 6.22. The molecule has 2 unspecified atom stereocenters. The van der Waals surface area contributed by atoms with Crippen molar-refractivity contribution in [3.63, 3.8) is 0 Å². The third kappa shape index (κ3) is 3.55. The van der Waals surface area contributed by atoms with Crippen molar-refractivity contribution in [1.29, 1.82) is 0 Å². The summed E-state index contributed by atoms with van der Waals surface area (Å²) in [6, 6.07) is 0. The second kappa shape index (κ2) is 7.24. The molecule has 118 valence electrons. The second-order valence-corrected chi connectivity index (χ2v) is 7.23. The van der Waals surface area contributed by atoms with Crippen LogP contribution in [0.4, 0.5) is 0 Å². The molecule has 2 aliphatic heterocycles. The Hall–Kier alpha value is -0.120. The zero-order chi connectivity index (χ0) is 14.6. The van der Waals surface area contributed by atoms with Crippen LogP contribution in [0, 0.1) is 11.8 Å². The molecule has 2 saturated heterocycles. The monoisotopic (exact) mass is 282 g/mol. The van der Waals surface area contributed by atoms with Crippen molar-refractivity contribution in [2.75, 3.05) is 26.2 Å². The Kier molecular flexibility index (Phi) is 5.88. The largest absolute Gasteiger partial charge is 0.378 e. The van der Waals surface area contributed by atoms with Crippen molar-refractivity contribution >= 4 is 0 Å². The fourth-order valence-electron chi connectivity index (χ4n) is 4.15. The Morgan fingerprint density at radius 3 is 2.55 bits per heavy atom. The topological polar surface area (TPSA) is 38.5 Å². The van der Waals surface area contributed by atoms with E-state index in [1.54, 1.807) is 0 Å². The minimum atomic E-state index is 0.222. The number of piperidine rings is 1. The van der Waals surface area contributed by atoms with E-state index in [1.165, 1.54) is 38.8 Å². The van der Waals surface area contributed by atoms with E-state index in [1.807, 2.05) is 0 Å². The highest BCUT2D eigenvalue weighted by atomic mass is 16.5. The minimum absolute atomic E-state index is 0.222. The first-order valence-electron chi connectivity index (χ1n) is 8.68. The molecule has 3 nitrogen and oxygen atoms in total. The van der Waals surface area contributed by atoms with Crippen LogP contribution in [0.2, 0.25) is 0 Å². The average molecular weight is 282 g/mol. The fourth-order valence-corrected chi connectivity index (χ4v) is 4.15. The van der Waals surface area contributed by atoms with Crippen molar-refractivity contribution in [1.82, 2.24) is 4.90 Å². The Balaban J connectivity index is 1.97. The molecule has 0 aliphatic carbocycles. The summed E-state index contributed by atoms with van der Waals surface area (Å²) in [7, 11) is 0. The first-order valence-corrected chi connectivity index (χ1v) is 8.68. The van der Waals surface area contributed by atoms with E-state index in [4.69, 9.17) is 10.5 Å². The van der Waals surface area contributed by atoms with Gasteiger partial charge in [0, 0.05) is 18.7 Å². The number of likely N-dealkylation sites (tertiary alicyclic amines) is 1. The van der Waals surface area contributed by atoms with Crippen LogP contribution in [0.1, 0.15) is 59.3 Å². The number of nitrogens with zero attached hydrogens (tertiary/aromatic N) is 1. The summed E-state index contributed by atoms with van der Waals surface area (Å²) in [6.07, 6.45) is 7.78. The highest BCUT2D eigenvalue weighted by Crippen LogP contribution is 2.36. The number of hydrogen-bond donors (Lipinski definition) is 1. The molecule has 0 bridgehead atoms. The highest BCUT2D eigenvalue weighted by molar-refractivity contribution is 4.98. The van der Waals surface area contributed by atoms with Gasteiger partial charge in [-0.05, 0) is 57.0 Å². The first-order chi connectivity index (χ1) is 9.61. The summed E-state index contributed by atoms with van der Waals surface area (Å²) in [5, 5.41) is 0. The van der Waals surface area contributed by atoms with Gasteiger partial charge < -0.3 is 10.5 Å². The van der Waals surface area contributed by atoms with Gasteiger partial charge in [-0.2, -0.15) is 0 Å².